The third kappa shape index (κ3) is 4.80. The lowest BCUT2D eigenvalue weighted by molar-refractivity contribution is 0.0973. The summed E-state index contributed by atoms with van der Waals surface area (Å²) in [4.78, 5) is 44.8. The van der Waals surface area contributed by atoms with Crippen LogP contribution < -0.4 is 11.2 Å². The lowest BCUT2D eigenvalue weighted by atomic mass is 10.0. The van der Waals surface area contributed by atoms with E-state index in [4.69, 9.17) is 5.26 Å². The van der Waals surface area contributed by atoms with Crippen molar-refractivity contribution in [3.63, 3.8) is 0 Å². The first-order valence-electron chi connectivity index (χ1n) is 12.4. The summed E-state index contributed by atoms with van der Waals surface area (Å²) < 4.78 is 18.2. The number of aromatic nitrogens is 4. The molecule has 0 radical (unpaired) electrons. The van der Waals surface area contributed by atoms with Gasteiger partial charge in [-0.15, -0.1) is 0 Å². The first-order chi connectivity index (χ1) is 18.8. The largest absolute Gasteiger partial charge is 0.337 e. The number of halogens is 1. The molecule has 8 nitrogen and oxygen atoms in total. The molecule has 9 heteroatoms. The molecule has 2 heterocycles. The van der Waals surface area contributed by atoms with Gasteiger partial charge in [0.15, 0.2) is 16.9 Å². The fraction of sp³-hybridized carbons (Fsp3) is 0.167. The van der Waals surface area contributed by atoms with E-state index in [2.05, 4.69) is 18.8 Å². The molecule has 194 valence electrons. The first kappa shape index (κ1) is 25.5. The Morgan fingerprint density at radius 3 is 2.33 bits per heavy atom. The van der Waals surface area contributed by atoms with E-state index in [0.717, 1.165) is 10.1 Å². The van der Waals surface area contributed by atoms with Crippen LogP contribution in [0, 0.1) is 17.1 Å². The molecule has 0 atom stereocenters. The number of nitriles is 1. The zero-order chi connectivity index (χ0) is 27.7. The van der Waals surface area contributed by atoms with Crippen molar-refractivity contribution in [1.29, 1.82) is 5.26 Å². The number of rotatable bonds is 7. The minimum absolute atomic E-state index is 0.0425. The average molecular weight is 522 g/mol. The smallest absolute Gasteiger partial charge is 0.317 e. The van der Waals surface area contributed by atoms with Gasteiger partial charge in [0.1, 0.15) is 5.82 Å². The van der Waals surface area contributed by atoms with Crippen LogP contribution in [0.15, 0.2) is 88.7 Å². The third-order valence-corrected chi connectivity index (χ3v) is 6.65. The Morgan fingerprint density at radius 2 is 1.69 bits per heavy atom. The molecule has 0 bridgehead atoms. The van der Waals surface area contributed by atoms with Gasteiger partial charge in [0.25, 0.3) is 5.56 Å². The molecular formula is C30H24FN5O3. The molecule has 0 spiro atoms. The second kappa shape index (κ2) is 10.3. The quantitative estimate of drug-likeness (QED) is 0.295. The number of carbonyl (C=O) groups is 1. The molecule has 0 unspecified atom stereocenters. The van der Waals surface area contributed by atoms with Gasteiger partial charge in [-0.25, -0.2) is 18.7 Å². The number of ketones is 1. The summed E-state index contributed by atoms with van der Waals surface area (Å²) in [5.41, 5.74) is 1.30. The molecule has 5 aromatic rings. The Balaban J connectivity index is 1.68. The fourth-order valence-electron chi connectivity index (χ4n) is 4.45. The predicted molar refractivity (Wildman–Crippen MR) is 145 cm³/mol. The molecule has 5 rings (SSSR count). The van der Waals surface area contributed by atoms with Gasteiger partial charge in [0, 0.05) is 11.1 Å². The standard InChI is InChI=1S/C30H24FN5O3/c1-19(2)21-11-13-24(14-12-21)36-28-27(29(38)35(30(36)39)16-23-5-3-4-6-25(23)31)34(18-33-28)17-26(37)22-9-7-20(15-32)8-10-22/h3-14,18-19H,16-17H2,1-2H3. The van der Waals surface area contributed by atoms with Crippen LogP contribution in [-0.2, 0) is 13.1 Å². The highest BCUT2D eigenvalue weighted by Gasteiger charge is 2.21. The highest BCUT2D eigenvalue weighted by atomic mass is 19.1. The summed E-state index contributed by atoms with van der Waals surface area (Å²) in [6.07, 6.45) is 1.35. The van der Waals surface area contributed by atoms with E-state index in [-0.39, 0.29) is 41.5 Å². The van der Waals surface area contributed by atoms with Crippen molar-refractivity contribution in [1.82, 2.24) is 18.7 Å². The van der Waals surface area contributed by atoms with E-state index in [9.17, 15) is 18.8 Å². The van der Waals surface area contributed by atoms with E-state index in [1.54, 1.807) is 42.5 Å². The molecule has 0 amide bonds. The SMILES string of the molecule is CC(C)c1ccc(-n2c(=O)n(Cc3ccccc3F)c(=O)c3c2ncn3CC(=O)c2ccc(C#N)cc2)cc1. The predicted octanol–water partition coefficient (Wildman–Crippen LogP) is 4.41. The summed E-state index contributed by atoms with van der Waals surface area (Å²) in [7, 11) is 0. The highest BCUT2D eigenvalue weighted by Crippen LogP contribution is 2.19. The minimum Gasteiger partial charge on any atom is -0.317 e. The van der Waals surface area contributed by atoms with Gasteiger partial charge in [0.2, 0.25) is 0 Å². The number of hydrogen-bond acceptors (Lipinski definition) is 5. The molecule has 3 aromatic carbocycles. The lowest BCUT2D eigenvalue weighted by Gasteiger charge is -2.14. The van der Waals surface area contributed by atoms with Gasteiger partial charge in [0.05, 0.1) is 36.7 Å². The van der Waals surface area contributed by atoms with Gasteiger partial charge < -0.3 is 4.57 Å². The van der Waals surface area contributed by atoms with Crippen molar-refractivity contribution in [3.8, 4) is 11.8 Å². The Bertz CT molecular complexity index is 1860. The van der Waals surface area contributed by atoms with E-state index >= 15 is 0 Å². The highest BCUT2D eigenvalue weighted by molar-refractivity contribution is 5.96. The number of nitrogens with zero attached hydrogens (tertiary/aromatic N) is 5. The van der Waals surface area contributed by atoms with Crippen LogP contribution in [-0.4, -0.2) is 24.5 Å². The molecular weight excluding hydrogens is 497 g/mol. The van der Waals surface area contributed by atoms with E-state index < -0.39 is 17.1 Å². The molecule has 0 N–H and O–H groups in total. The number of carbonyl (C=O) groups excluding carboxylic acids is 1. The van der Waals surface area contributed by atoms with Crippen LogP contribution in [0.3, 0.4) is 0 Å². The Kier molecular flexibility index (Phi) is 6.77. The molecule has 0 saturated heterocycles. The molecule has 0 fully saturated rings. The van der Waals surface area contributed by atoms with Crippen molar-refractivity contribution in [2.75, 3.05) is 0 Å². The van der Waals surface area contributed by atoms with Crippen molar-refractivity contribution in [3.05, 3.63) is 128 Å². The number of benzene rings is 3. The van der Waals surface area contributed by atoms with Crippen LogP contribution in [0.2, 0.25) is 0 Å². The second-order valence-electron chi connectivity index (χ2n) is 9.50. The monoisotopic (exact) mass is 521 g/mol. The Morgan fingerprint density at radius 1 is 1.00 bits per heavy atom. The zero-order valence-electron chi connectivity index (χ0n) is 21.3. The normalized spacial score (nSPS) is 11.2. The maximum atomic E-state index is 14.5. The second-order valence-corrected chi connectivity index (χ2v) is 9.50. The lowest BCUT2D eigenvalue weighted by Crippen LogP contribution is -2.40. The number of Topliss-reactive ketones (excluding diaryl/α,β-unsaturated/α-hetero) is 1. The summed E-state index contributed by atoms with van der Waals surface area (Å²) >= 11 is 0. The first-order valence-corrected chi connectivity index (χ1v) is 12.4. The van der Waals surface area contributed by atoms with Crippen LogP contribution >= 0.6 is 0 Å². The third-order valence-electron chi connectivity index (χ3n) is 6.65. The average Bonchev–Trinajstić information content (AvgIpc) is 3.35. The molecule has 0 saturated carbocycles. The van der Waals surface area contributed by atoms with Crippen LogP contribution in [0.25, 0.3) is 16.9 Å². The fourth-order valence-corrected chi connectivity index (χ4v) is 4.45. The molecule has 39 heavy (non-hydrogen) atoms. The molecule has 0 aliphatic rings. The summed E-state index contributed by atoms with van der Waals surface area (Å²) in [5.74, 6) is -0.572. The Hall–Kier alpha value is -5.10. The number of imidazole rings is 1. The van der Waals surface area contributed by atoms with Gasteiger partial charge >= 0.3 is 5.69 Å². The zero-order valence-corrected chi connectivity index (χ0v) is 21.3. The summed E-state index contributed by atoms with van der Waals surface area (Å²) in [6.45, 7) is 3.60. The van der Waals surface area contributed by atoms with Gasteiger partial charge in [-0.2, -0.15) is 5.26 Å². The molecule has 0 aliphatic heterocycles. The molecule has 2 aromatic heterocycles. The maximum absolute atomic E-state index is 14.5. The van der Waals surface area contributed by atoms with E-state index in [1.165, 1.54) is 33.7 Å². The van der Waals surface area contributed by atoms with Gasteiger partial charge in [-0.05, 0) is 41.8 Å². The van der Waals surface area contributed by atoms with Gasteiger partial charge in [-0.1, -0.05) is 56.3 Å². The summed E-state index contributed by atoms with van der Waals surface area (Å²) in [5, 5.41) is 9.02. The summed E-state index contributed by atoms with van der Waals surface area (Å²) in [6, 6.07) is 21.5. The van der Waals surface area contributed by atoms with Crippen LogP contribution in [0.1, 0.15) is 46.8 Å². The van der Waals surface area contributed by atoms with Crippen molar-refractivity contribution in [2.45, 2.75) is 32.9 Å². The van der Waals surface area contributed by atoms with Crippen molar-refractivity contribution < 1.29 is 9.18 Å². The maximum Gasteiger partial charge on any atom is 0.337 e. The number of hydrogen-bond donors (Lipinski definition) is 0. The Labute approximate surface area is 222 Å². The topological polar surface area (TPSA) is 103 Å². The number of fused-ring (bicyclic) bond motifs is 1. The van der Waals surface area contributed by atoms with Crippen LogP contribution in [0.4, 0.5) is 4.39 Å². The van der Waals surface area contributed by atoms with E-state index in [0.29, 0.717) is 16.8 Å². The van der Waals surface area contributed by atoms with Gasteiger partial charge in [-0.3, -0.25) is 14.2 Å². The minimum atomic E-state index is -0.682. The van der Waals surface area contributed by atoms with Crippen molar-refractivity contribution in [2.24, 2.45) is 0 Å². The molecule has 0 aliphatic carbocycles. The van der Waals surface area contributed by atoms with Crippen molar-refractivity contribution >= 4 is 16.9 Å². The van der Waals surface area contributed by atoms with E-state index in [1.807, 2.05) is 18.2 Å². The van der Waals surface area contributed by atoms with Crippen LogP contribution in [0.5, 0.6) is 0 Å².